The van der Waals surface area contributed by atoms with Crippen molar-refractivity contribution in [1.82, 2.24) is 14.8 Å². The van der Waals surface area contributed by atoms with Gasteiger partial charge in [0, 0.05) is 11.6 Å². The number of benzene rings is 2. The molecule has 0 unspecified atom stereocenters. The molecule has 1 amide bonds. The minimum atomic E-state index is -0.657. The first-order valence-electron chi connectivity index (χ1n) is 10.3. The van der Waals surface area contributed by atoms with Crippen LogP contribution in [0.1, 0.15) is 27.6 Å². The van der Waals surface area contributed by atoms with Crippen LogP contribution in [0.4, 0.5) is 5.69 Å². The number of ether oxygens (including phenoxy) is 3. The highest BCUT2D eigenvalue weighted by Crippen LogP contribution is 2.33. The van der Waals surface area contributed by atoms with Crippen LogP contribution < -0.4 is 10.1 Å². The summed E-state index contributed by atoms with van der Waals surface area (Å²) in [5.41, 5.74) is 1.08. The summed E-state index contributed by atoms with van der Waals surface area (Å²) in [6, 6.07) is 9.36. The van der Waals surface area contributed by atoms with Crippen molar-refractivity contribution < 1.29 is 28.6 Å². The summed E-state index contributed by atoms with van der Waals surface area (Å²) in [5.74, 6) is -0.579. The molecule has 35 heavy (non-hydrogen) atoms. The lowest BCUT2D eigenvalue weighted by molar-refractivity contribution is -0.113. The average molecular weight is 519 g/mol. The van der Waals surface area contributed by atoms with Crippen molar-refractivity contribution in [3.8, 4) is 17.1 Å². The van der Waals surface area contributed by atoms with Gasteiger partial charge in [-0.1, -0.05) is 23.4 Å². The number of carbonyl (C=O) groups is 3. The van der Waals surface area contributed by atoms with Crippen molar-refractivity contribution in [3.63, 3.8) is 0 Å². The molecule has 1 aromatic heterocycles. The molecule has 0 saturated carbocycles. The van der Waals surface area contributed by atoms with E-state index in [1.165, 1.54) is 32.4 Å². The van der Waals surface area contributed by atoms with Crippen LogP contribution in [0, 0.1) is 0 Å². The number of esters is 2. The molecule has 0 aliphatic heterocycles. The number of aromatic nitrogens is 3. The predicted molar refractivity (Wildman–Crippen MR) is 131 cm³/mol. The summed E-state index contributed by atoms with van der Waals surface area (Å²) in [5, 5.41) is 12.2. The number of anilines is 1. The third kappa shape index (κ3) is 5.92. The molecule has 0 saturated heterocycles. The molecule has 1 N–H and O–H groups in total. The molecule has 1 heterocycles. The van der Waals surface area contributed by atoms with E-state index < -0.39 is 17.8 Å². The Bertz CT molecular complexity index is 1260. The maximum atomic E-state index is 12.7. The molecule has 0 aliphatic rings. The molecule has 184 valence electrons. The van der Waals surface area contributed by atoms with Crippen molar-refractivity contribution in [2.24, 2.45) is 0 Å². The van der Waals surface area contributed by atoms with Gasteiger partial charge >= 0.3 is 11.9 Å². The number of hydrogen-bond acceptors (Lipinski definition) is 9. The van der Waals surface area contributed by atoms with Crippen LogP contribution in [-0.4, -0.2) is 59.7 Å². The smallest absolute Gasteiger partial charge is 0.339 e. The highest BCUT2D eigenvalue weighted by atomic mass is 35.5. The van der Waals surface area contributed by atoms with Gasteiger partial charge in [-0.3, -0.25) is 4.79 Å². The summed E-state index contributed by atoms with van der Waals surface area (Å²) in [7, 11) is 4.02. The summed E-state index contributed by atoms with van der Waals surface area (Å²) < 4.78 is 16.7. The Morgan fingerprint density at radius 1 is 1.03 bits per heavy atom. The zero-order valence-electron chi connectivity index (χ0n) is 19.5. The van der Waals surface area contributed by atoms with Gasteiger partial charge < -0.3 is 24.1 Å². The van der Waals surface area contributed by atoms with E-state index in [9.17, 15) is 14.4 Å². The molecule has 0 fully saturated rings. The largest absolute Gasteiger partial charge is 0.496 e. The fourth-order valence-corrected chi connectivity index (χ4v) is 4.21. The molecule has 3 aromatic rings. The molecule has 12 heteroatoms. The lowest BCUT2D eigenvalue weighted by Gasteiger charge is -2.12. The van der Waals surface area contributed by atoms with E-state index in [0.29, 0.717) is 33.9 Å². The summed E-state index contributed by atoms with van der Waals surface area (Å²) >= 11 is 7.32. The molecule has 0 spiro atoms. The molecule has 0 aliphatic carbocycles. The van der Waals surface area contributed by atoms with Gasteiger partial charge in [-0.05, 0) is 43.3 Å². The summed E-state index contributed by atoms with van der Waals surface area (Å²) in [6.07, 6.45) is 0. The number of rotatable bonds is 9. The standard InChI is InChI=1S/C23H23ClN4O6S/c1-5-28-20(16-11-14(24)7-9-18(16)32-2)26-27-23(28)35-12-19(29)25-17-10-13(21(30)33-3)6-8-15(17)22(31)34-4/h6-11H,5,12H2,1-4H3,(H,25,29). The normalized spacial score (nSPS) is 10.5. The second-order valence-corrected chi connectivity index (χ2v) is 8.35. The lowest BCUT2D eigenvalue weighted by Crippen LogP contribution is -2.18. The van der Waals surface area contributed by atoms with Crippen LogP contribution in [0.15, 0.2) is 41.6 Å². The Morgan fingerprint density at radius 3 is 2.43 bits per heavy atom. The predicted octanol–water partition coefficient (Wildman–Crippen LogP) is 3.93. The van der Waals surface area contributed by atoms with E-state index in [0.717, 1.165) is 11.8 Å². The van der Waals surface area contributed by atoms with Gasteiger partial charge in [-0.2, -0.15) is 0 Å². The molecule has 2 aromatic carbocycles. The van der Waals surface area contributed by atoms with Crippen molar-refractivity contribution in [3.05, 3.63) is 52.5 Å². The van der Waals surface area contributed by atoms with Crippen LogP contribution in [0.2, 0.25) is 5.02 Å². The zero-order chi connectivity index (χ0) is 25.5. The van der Waals surface area contributed by atoms with Crippen LogP contribution in [0.25, 0.3) is 11.4 Å². The van der Waals surface area contributed by atoms with Gasteiger partial charge in [0.1, 0.15) is 5.75 Å². The maximum absolute atomic E-state index is 12.7. The minimum Gasteiger partial charge on any atom is -0.496 e. The lowest BCUT2D eigenvalue weighted by atomic mass is 10.1. The summed E-state index contributed by atoms with van der Waals surface area (Å²) in [6.45, 7) is 2.46. The average Bonchev–Trinajstić information content (AvgIpc) is 3.29. The Morgan fingerprint density at radius 2 is 1.77 bits per heavy atom. The Hall–Kier alpha value is -3.57. The van der Waals surface area contributed by atoms with E-state index in [1.807, 2.05) is 11.5 Å². The first-order valence-corrected chi connectivity index (χ1v) is 11.7. The second kappa shape index (κ2) is 11.7. The van der Waals surface area contributed by atoms with Crippen molar-refractivity contribution in [2.45, 2.75) is 18.6 Å². The summed E-state index contributed by atoms with van der Waals surface area (Å²) in [4.78, 5) is 36.7. The highest BCUT2D eigenvalue weighted by molar-refractivity contribution is 7.99. The molecular weight excluding hydrogens is 496 g/mol. The Kier molecular flexibility index (Phi) is 8.72. The number of hydrogen-bond donors (Lipinski definition) is 1. The number of methoxy groups -OCH3 is 3. The van der Waals surface area contributed by atoms with Gasteiger partial charge in [0.05, 0.1) is 49.5 Å². The SMILES string of the molecule is CCn1c(SCC(=O)Nc2cc(C(=O)OC)ccc2C(=O)OC)nnc1-c1cc(Cl)ccc1OC. The highest BCUT2D eigenvalue weighted by Gasteiger charge is 2.20. The number of amides is 1. The van der Waals surface area contributed by atoms with E-state index in [4.69, 9.17) is 25.8 Å². The van der Waals surface area contributed by atoms with Crippen LogP contribution in [0.5, 0.6) is 5.75 Å². The molecular formula is C23H23ClN4O6S. The van der Waals surface area contributed by atoms with Gasteiger partial charge in [0.15, 0.2) is 11.0 Å². The first-order chi connectivity index (χ1) is 16.8. The Balaban J connectivity index is 1.81. The third-order valence-electron chi connectivity index (χ3n) is 4.89. The van der Waals surface area contributed by atoms with Gasteiger partial charge in [0.2, 0.25) is 5.91 Å². The van der Waals surface area contributed by atoms with Crippen LogP contribution >= 0.6 is 23.4 Å². The number of nitrogens with zero attached hydrogens (tertiary/aromatic N) is 3. The number of thioether (sulfide) groups is 1. The maximum Gasteiger partial charge on any atom is 0.339 e. The second-order valence-electron chi connectivity index (χ2n) is 6.98. The van der Waals surface area contributed by atoms with E-state index in [2.05, 4.69) is 15.5 Å². The van der Waals surface area contributed by atoms with Gasteiger partial charge in [-0.15, -0.1) is 10.2 Å². The molecule has 0 bridgehead atoms. The monoisotopic (exact) mass is 518 g/mol. The van der Waals surface area contributed by atoms with Gasteiger partial charge in [0.25, 0.3) is 0 Å². The van der Waals surface area contributed by atoms with E-state index in [1.54, 1.807) is 25.3 Å². The molecule has 0 atom stereocenters. The van der Waals surface area contributed by atoms with Crippen molar-refractivity contribution in [1.29, 1.82) is 0 Å². The van der Waals surface area contributed by atoms with Crippen molar-refractivity contribution in [2.75, 3.05) is 32.4 Å². The molecule has 10 nitrogen and oxygen atoms in total. The van der Waals surface area contributed by atoms with Crippen LogP contribution in [0.3, 0.4) is 0 Å². The number of nitrogens with one attached hydrogen (secondary N) is 1. The molecule has 0 radical (unpaired) electrons. The number of carbonyl (C=O) groups excluding carboxylic acids is 3. The van der Waals surface area contributed by atoms with E-state index >= 15 is 0 Å². The zero-order valence-corrected chi connectivity index (χ0v) is 21.0. The topological polar surface area (TPSA) is 122 Å². The number of halogens is 1. The fraction of sp³-hybridized carbons (Fsp3) is 0.261. The third-order valence-corrected chi connectivity index (χ3v) is 6.09. The quantitative estimate of drug-likeness (QED) is 0.331. The van der Waals surface area contributed by atoms with E-state index in [-0.39, 0.29) is 22.6 Å². The van der Waals surface area contributed by atoms with Crippen LogP contribution in [-0.2, 0) is 20.8 Å². The van der Waals surface area contributed by atoms with Crippen molar-refractivity contribution >= 4 is 46.9 Å². The van der Waals surface area contributed by atoms with Gasteiger partial charge in [-0.25, -0.2) is 9.59 Å². The first kappa shape index (κ1) is 26.0. The molecule has 3 rings (SSSR count). The fourth-order valence-electron chi connectivity index (χ4n) is 3.23. The Labute approximate surface area is 210 Å². The minimum absolute atomic E-state index is 0.0339.